The highest BCUT2D eigenvalue weighted by Crippen LogP contribution is 2.42. The minimum atomic E-state index is 0.922. The Morgan fingerprint density at radius 3 is 1.95 bits per heavy atom. The summed E-state index contributed by atoms with van der Waals surface area (Å²) in [7, 11) is 0. The Hall–Kier alpha value is -4.27. The van der Waals surface area contributed by atoms with Crippen molar-refractivity contribution < 1.29 is 4.42 Å². The number of benzene rings is 6. The zero-order valence-corrected chi connectivity index (χ0v) is 21.3. The van der Waals surface area contributed by atoms with Gasteiger partial charge in [0.2, 0.25) is 0 Å². The van der Waals surface area contributed by atoms with Crippen molar-refractivity contribution in [3.8, 4) is 22.3 Å². The molecule has 0 saturated heterocycles. The molecule has 0 aliphatic carbocycles. The number of hydrogen-bond donors (Lipinski definition) is 0. The second-order valence-electron chi connectivity index (χ2n) is 9.42. The van der Waals surface area contributed by atoms with Gasteiger partial charge in [-0.05, 0) is 70.5 Å². The van der Waals surface area contributed by atoms with Gasteiger partial charge < -0.3 is 4.42 Å². The van der Waals surface area contributed by atoms with Crippen molar-refractivity contribution in [3.63, 3.8) is 0 Å². The van der Waals surface area contributed by atoms with E-state index in [0.29, 0.717) is 0 Å². The van der Waals surface area contributed by atoms with Crippen molar-refractivity contribution in [3.05, 3.63) is 133 Å². The molecule has 1 aromatic heterocycles. The van der Waals surface area contributed by atoms with E-state index in [0.717, 1.165) is 21.9 Å². The Bertz CT molecular complexity index is 1900. The van der Waals surface area contributed by atoms with Gasteiger partial charge in [-0.1, -0.05) is 109 Å². The summed E-state index contributed by atoms with van der Waals surface area (Å²) in [6.45, 7) is 2.20. The predicted molar refractivity (Wildman–Crippen MR) is 157 cm³/mol. The molecule has 0 saturated carbocycles. The van der Waals surface area contributed by atoms with E-state index in [-0.39, 0.29) is 0 Å². The fourth-order valence-electron chi connectivity index (χ4n) is 5.16. The van der Waals surface area contributed by atoms with Crippen LogP contribution >= 0.6 is 11.8 Å². The Kier molecular flexibility index (Phi) is 5.34. The van der Waals surface area contributed by atoms with Crippen LogP contribution < -0.4 is 0 Å². The molecule has 0 atom stereocenters. The molecule has 1 nitrogen and oxygen atoms in total. The molecular weight excluding hydrogens is 468 g/mol. The van der Waals surface area contributed by atoms with E-state index < -0.39 is 0 Å². The molecule has 0 bridgehead atoms. The van der Waals surface area contributed by atoms with E-state index in [1.807, 2.05) is 11.8 Å². The molecule has 0 N–H and O–H groups in total. The molecule has 0 fully saturated rings. The van der Waals surface area contributed by atoms with E-state index in [1.165, 1.54) is 48.4 Å². The van der Waals surface area contributed by atoms with Crippen LogP contribution in [0.3, 0.4) is 0 Å². The largest absolute Gasteiger partial charge is 0.455 e. The maximum atomic E-state index is 6.53. The number of aryl methyl sites for hydroxylation is 1. The molecular formula is C35H24OS. The first-order valence-corrected chi connectivity index (χ1v) is 13.3. The van der Waals surface area contributed by atoms with Crippen LogP contribution in [-0.4, -0.2) is 0 Å². The predicted octanol–water partition coefficient (Wildman–Crippen LogP) is 10.5. The molecule has 0 aliphatic rings. The number of fused-ring (bicyclic) bond motifs is 5. The van der Waals surface area contributed by atoms with Crippen LogP contribution in [0.4, 0.5) is 0 Å². The van der Waals surface area contributed by atoms with Gasteiger partial charge in [-0.25, -0.2) is 0 Å². The lowest BCUT2D eigenvalue weighted by molar-refractivity contribution is 0.672. The van der Waals surface area contributed by atoms with Gasteiger partial charge in [0.05, 0.1) is 0 Å². The third-order valence-electron chi connectivity index (χ3n) is 7.05. The second-order valence-corrected chi connectivity index (χ2v) is 10.5. The van der Waals surface area contributed by atoms with Crippen LogP contribution in [0.1, 0.15) is 5.56 Å². The van der Waals surface area contributed by atoms with Crippen molar-refractivity contribution in [1.29, 1.82) is 0 Å². The molecule has 0 spiro atoms. The minimum absolute atomic E-state index is 0.922. The van der Waals surface area contributed by atoms with Crippen molar-refractivity contribution in [2.75, 3.05) is 0 Å². The van der Waals surface area contributed by atoms with Gasteiger partial charge in [0.15, 0.2) is 0 Å². The Balaban J connectivity index is 1.35. The first-order chi connectivity index (χ1) is 18.2. The van der Waals surface area contributed by atoms with Gasteiger partial charge in [-0.15, -0.1) is 0 Å². The van der Waals surface area contributed by atoms with E-state index in [9.17, 15) is 0 Å². The Morgan fingerprint density at radius 2 is 1.22 bits per heavy atom. The first kappa shape index (κ1) is 22.0. The lowest BCUT2D eigenvalue weighted by Crippen LogP contribution is -1.85. The monoisotopic (exact) mass is 492 g/mol. The summed E-state index contributed by atoms with van der Waals surface area (Å²) < 4.78 is 6.53. The number of rotatable bonds is 4. The first-order valence-electron chi connectivity index (χ1n) is 12.5. The SMILES string of the molecule is Cc1cc(-c2ccccc2)ccc1Sc1cccc2ccc3c4cc(-c5ccccc5)ccc4oc3c12. The highest BCUT2D eigenvalue weighted by molar-refractivity contribution is 7.99. The summed E-state index contributed by atoms with van der Waals surface area (Å²) in [5, 5.41) is 4.68. The molecule has 7 aromatic rings. The Morgan fingerprint density at radius 1 is 0.514 bits per heavy atom. The highest BCUT2D eigenvalue weighted by atomic mass is 32.2. The smallest absolute Gasteiger partial charge is 0.144 e. The van der Waals surface area contributed by atoms with Crippen LogP contribution in [-0.2, 0) is 0 Å². The lowest BCUT2D eigenvalue weighted by atomic mass is 10.0. The van der Waals surface area contributed by atoms with Gasteiger partial charge >= 0.3 is 0 Å². The van der Waals surface area contributed by atoms with Crippen LogP contribution in [0, 0.1) is 6.92 Å². The molecule has 37 heavy (non-hydrogen) atoms. The summed E-state index contributed by atoms with van der Waals surface area (Å²) in [6.07, 6.45) is 0. The zero-order valence-electron chi connectivity index (χ0n) is 20.4. The molecule has 0 radical (unpaired) electrons. The lowest BCUT2D eigenvalue weighted by Gasteiger charge is -2.11. The zero-order chi connectivity index (χ0) is 24.8. The minimum Gasteiger partial charge on any atom is -0.455 e. The number of furan rings is 1. The van der Waals surface area contributed by atoms with Gasteiger partial charge in [-0.3, -0.25) is 0 Å². The van der Waals surface area contributed by atoms with E-state index in [4.69, 9.17) is 4.42 Å². The molecule has 0 unspecified atom stereocenters. The summed E-state index contributed by atoms with van der Waals surface area (Å²) >= 11 is 1.81. The van der Waals surface area contributed by atoms with Crippen molar-refractivity contribution in [2.24, 2.45) is 0 Å². The van der Waals surface area contributed by atoms with Gasteiger partial charge in [-0.2, -0.15) is 0 Å². The van der Waals surface area contributed by atoms with Crippen molar-refractivity contribution in [2.45, 2.75) is 16.7 Å². The van der Waals surface area contributed by atoms with Crippen molar-refractivity contribution >= 4 is 44.5 Å². The molecule has 0 amide bonds. The van der Waals surface area contributed by atoms with E-state index in [2.05, 4.69) is 134 Å². The van der Waals surface area contributed by atoms with E-state index in [1.54, 1.807) is 0 Å². The standard InChI is InChI=1S/C35H24OS/c1-23-21-27(24-9-4-2-5-10-24)17-20-32(23)37-33-14-8-13-26-15-18-29-30-22-28(25-11-6-3-7-12-25)16-19-31(30)36-35(29)34(26)33/h2-22H,1H3. The molecule has 2 heteroatoms. The normalized spacial score (nSPS) is 11.5. The highest BCUT2D eigenvalue weighted by Gasteiger charge is 2.15. The maximum absolute atomic E-state index is 6.53. The van der Waals surface area contributed by atoms with Crippen LogP contribution in [0.5, 0.6) is 0 Å². The summed E-state index contributed by atoms with van der Waals surface area (Å²) in [6, 6.07) is 45.3. The Labute approximate surface area is 220 Å². The third-order valence-corrected chi connectivity index (χ3v) is 8.29. The summed E-state index contributed by atoms with van der Waals surface area (Å²) in [5.74, 6) is 0. The van der Waals surface area contributed by atoms with Crippen molar-refractivity contribution in [1.82, 2.24) is 0 Å². The molecule has 176 valence electrons. The van der Waals surface area contributed by atoms with Gasteiger partial charge in [0.25, 0.3) is 0 Å². The van der Waals surface area contributed by atoms with Crippen LogP contribution in [0.15, 0.2) is 142 Å². The van der Waals surface area contributed by atoms with E-state index >= 15 is 0 Å². The summed E-state index contributed by atoms with van der Waals surface area (Å²) in [5.41, 5.74) is 8.05. The third kappa shape index (κ3) is 3.91. The fourth-order valence-corrected chi connectivity index (χ4v) is 6.21. The molecule has 0 aliphatic heterocycles. The second kappa shape index (κ2) is 8.99. The van der Waals surface area contributed by atoms with Crippen LogP contribution in [0.25, 0.3) is 55.0 Å². The average Bonchev–Trinajstić information content (AvgIpc) is 3.33. The quantitative estimate of drug-likeness (QED) is 0.242. The summed E-state index contributed by atoms with van der Waals surface area (Å²) in [4.78, 5) is 2.47. The average molecular weight is 493 g/mol. The fraction of sp³-hybridized carbons (Fsp3) is 0.0286. The van der Waals surface area contributed by atoms with Gasteiger partial charge in [0, 0.05) is 25.9 Å². The van der Waals surface area contributed by atoms with Crippen LogP contribution in [0.2, 0.25) is 0 Å². The molecule has 7 rings (SSSR count). The molecule has 6 aromatic carbocycles. The molecule has 1 heterocycles. The topological polar surface area (TPSA) is 13.1 Å². The van der Waals surface area contributed by atoms with Gasteiger partial charge in [0.1, 0.15) is 11.2 Å². The maximum Gasteiger partial charge on any atom is 0.144 e. The number of hydrogen-bond acceptors (Lipinski definition) is 2.